The quantitative estimate of drug-likeness (QED) is 0.844. The Hall–Kier alpha value is -1.73. The lowest BCUT2D eigenvalue weighted by Crippen LogP contribution is -2.13. The van der Waals surface area contributed by atoms with Gasteiger partial charge in [-0.25, -0.2) is 8.42 Å². The van der Waals surface area contributed by atoms with Crippen molar-refractivity contribution in [3.63, 3.8) is 0 Å². The third-order valence-corrected chi connectivity index (χ3v) is 4.32. The maximum Gasteiger partial charge on any atom is 0.263 e. The van der Waals surface area contributed by atoms with Crippen LogP contribution in [0, 0.1) is 0 Å². The van der Waals surface area contributed by atoms with E-state index in [0.717, 1.165) is 0 Å². The lowest BCUT2D eigenvalue weighted by atomic mass is 10.3. The molecule has 102 valence electrons. The molecule has 2 aromatic rings. The Labute approximate surface area is 116 Å². The highest BCUT2D eigenvalue weighted by Gasteiger charge is 2.19. The van der Waals surface area contributed by atoms with Gasteiger partial charge in [0, 0.05) is 18.4 Å². The van der Waals surface area contributed by atoms with E-state index in [1.807, 2.05) is 6.92 Å². The minimum atomic E-state index is -3.78. The van der Waals surface area contributed by atoms with E-state index in [4.69, 9.17) is 17.3 Å². The molecule has 0 fully saturated rings. The molecule has 0 radical (unpaired) electrons. The second kappa shape index (κ2) is 5.10. The van der Waals surface area contributed by atoms with Crippen molar-refractivity contribution in [1.29, 1.82) is 0 Å². The van der Waals surface area contributed by atoms with Crippen LogP contribution in [0.1, 0.15) is 6.92 Å². The van der Waals surface area contributed by atoms with E-state index in [9.17, 15) is 8.42 Å². The predicted octanol–water partition coefficient (Wildman–Crippen LogP) is 1.94. The number of aryl methyl sites for hydroxylation is 1. The fraction of sp³-hybridized carbons (Fsp3) is 0.182. The van der Waals surface area contributed by atoms with Crippen LogP contribution in [-0.4, -0.2) is 18.2 Å². The minimum Gasteiger partial charge on any atom is -0.399 e. The summed E-state index contributed by atoms with van der Waals surface area (Å²) in [5.41, 5.74) is 6.28. The number of hydrogen-bond donors (Lipinski definition) is 2. The van der Waals surface area contributed by atoms with E-state index in [1.54, 1.807) is 10.9 Å². The Kier molecular flexibility index (Phi) is 3.68. The van der Waals surface area contributed by atoms with Gasteiger partial charge in [-0.15, -0.1) is 0 Å². The van der Waals surface area contributed by atoms with Gasteiger partial charge in [-0.1, -0.05) is 11.6 Å². The maximum atomic E-state index is 12.2. The van der Waals surface area contributed by atoms with E-state index in [1.165, 1.54) is 24.4 Å². The van der Waals surface area contributed by atoms with Crippen LogP contribution in [0.2, 0.25) is 5.02 Å². The molecule has 0 bridgehead atoms. The summed E-state index contributed by atoms with van der Waals surface area (Å²) >= 11 is 5.88. The van der Waals surface area contributed by atoms with Crippen LogP contribution in [0.3, 0.4) is 0 Å². The first-order valence-electron chi connectivity index (χ1n) is 5.52. The summed E-state index contributed by atoms with van der Waals surface area (Å²) in [7, 11) is -3.78. The van der Waals surface area contributed by atoms with Crippen molar-refractivity contribution in [1.82, 2.24) is 9.78 Å². The van der Waals surface area contributed by atoms with Gasteiger partial charge in [0.15, 0.2) is 0 Å². The summed E-state index contributed by atoms with van der Waals surface area (Å²) in [5, 5.41) is 4.10. The largest absolute Gasteiger partial charge is 0.399 e. The lowest BCUT2D eigenvalue weighted by Gasteiger charge is -2.08. The Balaban J connectivity index is 2.34. The summed E-state index contributed by atoms with van der Waals surface area (Å²) in [5.74, 6) is 0. The molecule has 1 aromatic heterocycles. The molecule has 3 N–H and O–H groups in total. The first-order chi connectivity index (χ1) is 8.92. The normalized spacial score (nSPS) is 11.5. The minimum absolute atomic E-state index is 0.0570. The second-order valence-electron chi connectivity index (χ2n) is 3.88. The van der Waals surface area contributed by atoms with Crippen molar-refractivity contribution >= 4 is 33.0 Å². The molecule has 0 unspecified atom stereocenters. The smallest absolute Gasteiger partial charge is 0.263 e. The highest BCUT2D eigenvalue weighted by atomic mass is 35.5. The van der Waals surface area contributed by atoms with Crippen LogP contribution in [0.25, 0.3) is 0 Å². The molecule has 0 aliphatic carbocycles. The molecule has 6 nitrogen and oxygen atoms in total. The number of nitrogens with two attached hydrogens (primary N) is 1. The van der Waals surface area contributed by atoms with Gasteiger partial charge in [0.1, 0.15) is 4.90 Å². The number of hydrogen-bond acceptors (Lipinski definition) is 4. The van der Waals surface area contributed by atoms with Gasteiger partial charge in [0.25, 0.3) is 10.0 Å². The van der Waals surface area contributed by atoms with Gasteiger partial charge < -0.3 is 5.73 Å². The van der Waals surface area contributed by atoms with Crippen LogP contribution < -0.4 is 10.5 Å². The van der Waals surface area contributed by atoms with Gasteiger partial charge in [0.2, 0.25) is 0 Å². The molecule has 0 amide bonds. The SMILES string of the molecule is CCn1cc(NS(=O)(=O)c2cc(N)ccc2Cl)cn1. The lowest BCUT2D eigenvalue weighted by molar-refractivity contribution is 0.601. The van der Waals surface area contributed by atoms with E-state index >= 15 is 0 Å². The van der Waals surface area contributed by atoms with Gasteiger partial charge in [-0.2, -0.15) is 5.10 Å². The topological polar surface area (TPSA) is 90.0 Å². The molecular weight excluding hydrogens is 288 g/mol. The van der Waals surface area contributed by atoms with Crippen LogP contribution >= 0.6 is 11.6 Å². The molecular formula is C11H13ClN4O2S. The highest BCUT2D eigenvalue weighted by molar-refractivity contribution is 7.92. The van der Waals surface area contributed by atoms with E-state index in [2.05, 4.69) is 9.82 Å². The number of rotatable bonds is 4. The molecule has 0 aliphatic heterocycles. The van der Waals surface area contributed by atoms with Crippen molar-refractivity contribution in [2.75, 3.05) is 10.5 Å². The zero-order chi connectivity index (χ0) is 14.0. The summed E-state index contributed by atoms with van der Waals surface area (Å²) in [6, 6.07) is 4.30. The average molecular weight is 301 g/mol. The Morgan fingerprint density at radius 2 is 2.21 bits per heavy atom. The molecule has 0 spiro atoms. The number of aromatic nitrogens is 2. The number of halogens is 1. The van der Waals surface area contributed by atoms with Gasteiger partial charge in [0.05, 0.1) is 16.9 Å². The molecule has 0 saturated heterocycles. The summed E-state index contributed by atoms with van der Waals surface area (Å²) in [6.45, 7) is 2.56. The highest BCUT2D eigenvalue weighted by Crippen LogP contribution is 2.25. The van der Waals surface area contributed by atoms with Gasteiger partial charge >= 0.3 is 0 Å². The summed E-state index contributed by atoms with van der Waals surface area (Å²) < 4.78 is 28.4. The third-order valence-electron chi connectivity index (χ3n) is 2.45. The molecule has 0 saturated carbocycles. The van der Waals surface area contributed by atoms with Crippen molar-refractivity contribution < 1.29 is 8.42 Å². The number of sulfonamides is 1. The third kappa shape index (κ3) is 2.99. The van der Waals surface area contributed by atoms with Crippen LogP contribution in [0.15, 0.2) is 35.5 Å². The second-order valence-corrected chi connectivity index (χ2v) is 5.94. The Morgan fingerprint density at radius 1 is 1.47 bits per heavy atom. The van der Waals surface area contributed by atoms with Crippen molar-refractivity contribution in [3.8, 4) is 0 Å². The van der Waals surface area contributed by atoms with Crippen molar-refractivity contribution in [3.05, 3.63) is 35.6 Å². The van der Waals surface area contributed by atoms with E-state index in [0.29, 0.717) is 17.9 Å². The first kappa shape index (κ1) is 13.7. The number of benzene rings is 1. The van der Waals surface area contributed by atoms with E-state index in [-0.39, 0.29) is 9.92 Å². The molecule has 8 heteroatoms. The standard InChI is InChI=1S/C11H13ClN4O2S/c1-2-16-7-9(6-14-16)15-19(17,18)11-5-8(13)3-4-10(11)12/h3-7,15H,2,13H2,1H3. The fourth-order valence-corrected chi connectivity index (χ4v) is 3.09. The fourth-order valence-electron chi connectivity index (χ4n) is 1.53. The molecule has 2 rings (SSSR count). The van der Waals surface area contributed by atoms with E-state index < -0.39 is 10.0 Å². The number of nitrogen functional groups attached to an aromatic ring is 1. The monoisotopic (exact) mass is 300 g/mol. The number of nitrogens with one attached hydrogen (secondary N) is 1. The van der Waals surface area contributed by atoms with Crippen LogP contribution in [0.4, 0.5) is 11.4 Å². The zero-order valence-electron chi connectivity index (χ0n) is 10.2. The summed E-state index contributed by atoms with van der Waals surface area (Å²) in [6.07, 6.45) is 3.03. The maximum absolute atomic E-state index is 12.2. The molecule has 0 aliphatic rings. The van der Waals surface area contributed by atoms with Crippen molar-refractivity contribution in [2.24, 2.45) is 0 Å². The number of anilines is 2. The Morgan fingerprint density at radius 3 is 2.84 bits per heavy atom. The van der Waals surface area contributed by atoms with Gasteiger partial charge in [-0.05, 0) is 25.1 Å². The molecule has 1 heterocycles. The Bertz CT molecular complexity index is 696. The summed E-state index contributed by atoms with van der Waals surface area (Å²) in [4.78, 5) is -0.0570. The van der Waals surface area contributed by atoms with Crippen LogP contribution in [0.5, 0.6) is 0 Å². The average Bonchev–Trinajstić information content (AvgIpc) is 2.79. The zero-order valence-corrected chi connectivity index (χ0v) is 11.7. The molecule has 1 aromatic carbocycles. The molecule has 19 heavy (non-hydrogen) atoms. The predicted molar refractivity (Wildman–Crippen MR) is 74.6 cm³/mol. The van der Waals surface area contributed by atoms with Gasteiger partial charge in [-0.3, -0.25) is 9.40 Å². The number of nitrogens with zero attached hydrogens (tertiary/aromatic N) is 2. The van der Waals surface area contributed by atoms with Crippen molar-refractivity contribution in [2.45, 2.75) is 18.4 Å². The first-order valence-corrected chi connectivity index (χ1v) is 7.39. The van der Waals surface area contributed by atoms with Crippen LogP contribution in [-0.2, 0) is 16.6 Å². The molecule has 0 atom stereocenters.